The van der Waals surface area contributed by atoms with Crippen LogP contribution in [0.3, 0.4) is 0 Å². The number of esters is 1. The van der Waals surface area contributed by atoms with Crippen LogP contribution in [0.2, 0.25) is 0 Å². The van der Waals surface area contributed by atoms with E-state index in [4.69, 9.17) is 9.47 Å². The average Bonchev–Trinajstić information content (AvgIpc) is 2.48. The van der Waals surface area contributed by atoms with E-state index in [0.717, 1.165) is 0 Å². The maximum Gasteiger partial charge on any atom is 0.309 e. The molecule has 0 aliphatic heterocycles. The summed E-state index contributed by atoms with van der Waals surface area (Å²) in [4.78, 5) is 11.2. The van der Waals surface area contributed by atoms with Gasteiger partial charge in [-0.25, -0.2) is 13.1 Å². The van der Waals surface area contributed by atoms with Crippen molar-refractivity contribution in [3.63, 3.8) is 0 Å². The molecular formula is C13H19NO6S. The molecule has 0 amide bonds. The normalized spacial score (nSPS) is 11.6. The van der Waals surface area contributed by atoms with Crippen molar-refractivity contribution in [1.82, 2.24) is 4.72 Å². The number of sulfonamides is 1. The van der Waals surface area contributed by atoms with Gasteiger partial charge in [0.25, 0.3) is 0 Å². The summed E-state index contributed by atoms with van der Waals surface area (Å²) in [6, 6.07) is 5.98. The monoisotopic (exact) mass is 317 g/mol. The molecular weight excluding hydrogens is 298 g/mol. The van der Waals surface area contributed by atoms with Crippen molar-refractivity contribution in [2.75, 3.05) is 27.9 Å². The highest BCUT2D eigenvalue weighted by Gasteiger charge is 2.16. The Morgan fingerprint density at radius 3 is 2.19 bits per heavy atom. The molecule has 1 aromatic rings. The molecule has 0 aliphatic carbocycles. The number of carbonyl (C=O) groups excluding carboxylic acids is 1. The Morgan fingerprint density at radius 2 is 1.71 bits per heavy atom. The van der Waals surface area contributed by atoms with Crippen molar-refractivity contribution in [2.24, 2.45) is 0 Å². The second-order valence-electron chi connectivity index (χ2n) is 4.15. The minimum absolute atomic E-state index is 0.000749. The molecule has 21 heavy (non-hydrogen) atoms. The van der Waals surface area contributed by atoms with Crippen LogP contribution in [0.15, 0.2) is 29.2 Å². The molecule has 0 saturated heterocycles. The summed E-state index contributed by atoms with van der Waals surface area (Å²) in [5.41, 5.74) is 0.674. The number of methoxy groups -OCH3 is 3. The smallest absolute Gasteiger partial charge is 0.309 e. The highest BCUT2D eigenvalue weighted by Crippen LogP contribution is 2.11. The number of rotatable bonds is 8. The van der Waals surface area contributed by atoms with Gasteiger partial charge in [0.1, 0.15) is 0 Å². The number of hydrogen-bond donors (Lipinski definition) is 1. The Bertz CT molecular complexity index is 551. The predicted molar refractivity (Wildman–Crippen MR) is 75.2 cm³/mol. The first-order chi connectivity index (χ1) is 9.92. The van der Waals surface area contributed by atoms with Crippen LogP contribution in [0.25, 0.3) is 0 Å². The van der Waals surface area contributed by atoms with E-state index in [1.54, 1.807) is 12.1 Å². The molecule has 0 spiro atoms. The summed E-state index contributed by atoms with van der Waals surface area (Å²) >= 11 is 0. The van der Waals surface area contributed by atoms with Gasteiger partial charge in [-0.2, -0.15) is 0 Å². The van der Waals surface area contributed by atoms with Gasteiger partial charge < -0.3 is 14.2 Å². The van der Waals surface area contributed by atoms with Crippen molar-refractivity contribution in [3.05, 3.63) is 29.8 Å². The molecule has 1 rings (SSSR count). The highest BCUT2D eigenvalue weighted by molar-refractivity contribution is 7.89. The van der Waals surface area contributed by atoms with Crippen LogP contribution < -0.4 is 4.72 Å². The van der Waals surface area contributed by atoms with Crippen molar-refractivity contribution < 1.29 is 27.4 Å². The quantitative estimate of drug-likeness (QED) is 0.548. The van der Waals surface area contributed by atoms with Gasteiger partial charge >= 0.3 is 5.97 Å². The minimum atomic E-state index is -3.65. The number of ether oxygens (including phenoxy) is 3. The first-order valence-corrected chi connectivity index (χ1v) is 7.62. The topological polar surface area (TPSA) is 90.9 Å². The van der Waals surface area contributed by atoms with Crippen molar-refractivity contribution >= 4 is 16.0 Å². The van der Waals surface area contributed by atoms with Crippen LogP contribution in [0.5, 0.6) is 0 Å². The number of benzene rings is 1. The van der Waals surface area contributed by atoms with Crippen molar-refractivity contribution in [2.45, 2.75) is 17.6 Å². The van der Waals surface area contributed by atoms with E-state index < -0.39 is 16.3 Å². The standard InChI is InChI=1S/C13H19NO6S/c1-18-12(15)8-10-4-6-11(7-5-10)21(16,17)14-9-13(19-2)20-3/h4-7,13-14H,8-9H2,1-3H3. The fourth-order valence-corrected chi connectivity index (χ4v) is 2.57. The summed E-state index contributed by atoms with van der Waals surface area (Å²) in [6.07, 6.45) is -0.557. The third-order valence-corrected chi connectivity index (χ3v) is 4.22. The van der Waals surface area contributed by atoms with E-state index in [0.29, 0.717) is 5.56 Å². The first kappa shape index (κ1) is 17.6. The second kappa shape index (κ2) is 8.08. The van der Waals surface area contributed by atoms with Gasteiger partial charge in [0.05, 0.1) is 25.0 Å². The number of hydrogen-bond acceptors (Lipinski definition) is 6. The van der Waals surface area contributed by atoms with Gasteiger partial charge in [-0.1, -0.05) is 12.1 Å². The van der Waals surface area contributed by atoms with Gasteiger partial charge in [0, 0.05) is 14.2 Å². The van der Waals surface area contributed by atoms with Gasteiger partial charge in [0.2, 0.25) is 10.0 Å². The van der Waals surface area contributed by atoms with Gasteiger partial charge in [-0.15, -0.1) is 0 Å². The summed E-state index contributed by atoms with van der Waals surface area (Å²) in [6.45, 7) is -0.000749. The molecule has 0 heterocycles. The van der Waals surface area contributed by atoms with Crippen LogP contribution in [0, 0.1) is 0 Å². The van der Waals surface area contributed by atoms with E-state index in [9.17, 15) is 13.2 Å². The Morgan fingerprint density at radius 1 is 1.14 bits per heavy atom. The highest BCUT2D eigenvalue weighted by atomic mass is 32.2. The summed E-state index contributed by atoms with van der Waals surface area (Å²) in [5, 5.41) is 0. The molecule has 0 radical (unpaired) electrons. The fraction of sp³-hybridized carbons (Fsp3) is 0.462. The Kier molecular flexibility index (Phi) is 6.76. The molecule has 0 atom stereocenters. The Labute approximate surface area is 124 Å². The third kappa shape index (κ3) is 5.43. The van der Waals surface area contributed by atoms with Gasteiger partial charge in [0.15, 0.2) is 6.29 Å². The molecule has 0 fully saturated rings. The zero-order valence-corrected chi connectivity index (χ0v) is 13.0. The van der Waals surface area contributed by atoms with Gasteiger partial charge in [-0.3, -0.25) is 4.79 Å². The lowest BCUT2D eigenvalue weighted by Gasteiger charge is -2.14. The molecule has 0 saturated carbocycles. The fourth-order valence-electron chi connectivity index (χ4n) is 1.55. The minimum Gasteiger partial charge on any atom is -0.469 e. The zero-order chi connectivity index (χ0) is 15.9. The first-order valence-electron chi connectivity index (χ1n) is 6.14. The molecule has 0 aromatic heterocycles. The lowest BCUT2D eigenvalue weighted by molar-refractivity contribution is -0.139. The van der Waals surface area contributed by atoms with Crippen LogP contribution in [0.1, 0.15) is 5.56 Å². The Hall–Kier alpha value is -1.48. The molecule has 1 aromatic carbocycles. The maximum absolute atomic E-state index is 12.0. The largest absolute Gasteiger partial charge is 0.469 e. The van der Waals surface area contributed by atoms with E-state index in [1.165, 1.54) is 33.5 Å². The molecule has 0 bridgehead atoms. The Balaban J connectivity index is 2.73. The third-order valence-electron chi connectivity index (χ3n) is 2.78. The van der Waals surface area contributed by atoms with Crippen LogP contribution in [-0.2, 0) is 35.4 Å². The van der Waals surface area contributed by atoms with Crippen molar-refractivity contribution in [3.8, 4) is 0 Å². The molecule has 1 N–H and O–H groups in total. The summed E-state index contributed by atoms with van der Waals surface area (Å²) < 4.78 is 40.8. The summed E-state index contributed by atoms with van der Waals surface area (Å²) in [7, 11) is 0.488. The van der Waals surface area contributed by atoms with E-state index >= 15 is 0 Å². The SMILES string of the molecule is COC(=O)Cc1ccc(S(=O)(=O)NCC(OC)OC)cc1. The molecule has 7 nitrogen and oxygen atoms in total. The predicted octanol–water partition coefficient (Wildman–Crippen LogP) is 0.299. The molecule has 0 aliphatic rings. The average molecular weight is 317 g/mol. The summed E-state index contributed by atoms with van der Waals surface area (Å²) in [5.74, 6) is -0.383. The second-order valence-corrected chi connectivity index (χ2v) is 5.92. The zero-order valence-electron chi connectivity index (χ0n) is 12.2. The van der Waals surface area contributed by atoms with Crippen LogP contribution in [-0.4, -0.2) is 48.6 Å². The van der Waals surface area contributed by atoms with Crippen molar-refractivity contribution in [1.29, 1.82) is 0 Å². The lowest BCUT2D eigenvalue weighted by atomic mass is 10.2. The van der Waals surface area contributed by atoms with Crippen LogP contribution in [0.4, 0.5) is 0 Å². The number of nitrogens with one attached hydrogen (secondary N) is 1. The molecule has 8 heteroatoms. The molecule has 118 valence electrons. The van der Waals surface area contributed by atoms with Crippen LogP contribution >= 0.6 is 0 Å². The van der Waals surface area contributed by atoms with E-state index in [1.807, 2.05) is 0 Å². The van der Waals surface area contributed by atoms with Gasteiger partial charge in [-0.05, 0) is 17.7 Å². The van der Waals surface area contributed by atoms with E-state index in [-0.39, 0.29) is 23.8 Å². The lowest BCUT2D eigenvalue weighted by Crippen LogP contribution is -2.34. The number of carbonyl (C=O) groups is 1. The maximum atomic E-state index is 12.0. The van der Waals surface area contributed by atoms with E-state index in [2.05, 4.69) is 9.46 Å². The molecule has 0 unspecified atom stereocenters.